The Morgan fingerprint density at radius 3 is 2.65 bits per heavy atom. The Morgan fingerprint density at radius 2 is 1.90 bits per heavy atom. The summed E-state index contributed by atoms with van der Waals surface area (Å²) in [7, 11) is 0. The molecule has 0 atom stereocenters. The first-order chi connectivity index (χ1) is 15.0. The van der Waals surface area contributed by atoms with Crippen LogP contribution in [0.25, 0.3) is 22.6 Å². The summed E-state index contributed by atoms with van der Waals surface area (Å²) < 4.78 is 25.0. The van der Waals surface area contributed by atoms with Gasteiger partial charge in [-0.15, -0.1) is 0 Å². The Hall–Kier alpha value is -3.78. The monoisotopic (exact) mass is 435 g/mol. The summed E-state index contributed by atoms with van der Waals surface area (Å²) in [6, 6.07) is 18.2. The number of anilines is 1. The molecule has 6 nitrogen and oxygen atoms in total. The highest BCUT2D eigenvalue weighted by Crippen LogP contribution is 2.27. The van der Waals surface area contributed by atoms with E-state index in [0.29, 0.717) is 34.7 Å². The third-order valence-electron chi connectivity index (χ3n) is 4.40. The molecule has 156 valence electrons. The van der Waals surface area contributed by atoms with E-state index in [1.165, 1.54) is 6.07 Å². The van der Waals surface area contributed by atoms with Crippen molar-refractivity contribution in [1.82, 2.24) is 10.3 Å². The molecule has 1 aromatic heterocycles. The number of nitrogens with zero attached hydrogens (tertiary/aromatic N) is 1. The van der Waals surface area contributed by atoms with Gasteiger partial charge in [0, 0.05) is 11.3 Å². The minimum Gasteiger partial charge on any atom is -0.494 e. The van der Waals surface area contributed by atoms with Gasteiger partial charge in [-0.2, -0.15) is 0 Å². The second-order valence-electron chi connectivity index (χ2n) is 6.55. The van der Waals surface area contributed by atoms with E-state index >= 15 is 0 Å². The van der Waals surface area contributed by atoms with Crippen molar-refractivity contribution >= 4 is 40.0 Å². The van der Waals surface area contributed by atoms with E-state index in [2.05, 4.69) is 15.6 Å². The second kappa shape index (κ2) is 8.93. The lowest BCUT2D eigenvalue weighted by molar-refractivity contribution is 0.0977. The Morgan fingerprint density at radius 1 is 1.13 bits per heavy atom. The minimum absolute atomic E-state index is 0.135. The molecule has 0 aliphatic heterocycles. The standard InChI is InChI=1S/C23H18FN3O3S/c1-2-29-16-10-7-14(8-11-16)21(28)27-23(31)25-15-9-12-20-19(13-15)26-22(30-20)17-5-3-4-6-18(17)24/h3-13H,2H2,1H3,(H2,25,27,28,31). The third-order valence-corrected chi connectivity index (χ3v) is 4.61. The topological polar surface area (TPSA) is 76.4 Å². The number of oxazole rings is 1. The van der Waals surface area contributed by atoms with Gasteiger partial charge in [0.1, 0.15) is 17.1 Å². The molecule has 0 unspecified atom stereocenters. The molecule has 0 radical (unpaired) electrons. The number of hydrogen-bond donors (Lipinski definition) is 2. The van der Waals surface area contributed by atoms with Crippen LogP contribution in [0.4, 0.5) is 10.1 Å². The van der Waals surface area contributed by atoms with Gasteiger partial charge in [-0.1, -0.05) is 12.1 Å². The fraction of sp³-hybridized carbons (Fsp3) is 0.0870. The largest absolute Gasteiger partial charge is 0.494 e. The molecule has 0 aliphatic carbocycles. The molecule has 0 bridgehead atoms. The van der Waals surface area contributed by atoms with Crippen LogP contribution < -0.4 is 15.4 Å². The van der Waals surface area contributed by atoms with Crippen molar-refractivity contribution in [1.29, 1.82) is 0 Å². The summed E-state index contributed by atoms with van der Waals surface area (Å²) in [6.45, 7) is 2.44. The van der Waals surface area contributed by atoms with Crippen molar-refractivity contribution in [3.63, 3.8) is 0 Å². The van der Waals surface area contributed by atoms with E-state index in [4.69, 9.17) is 21.4 Å². The maximum absolute atomic E-state index is 14.0. The number of amides is 1. The molecule has 31 heavy (non-hydrogen) atoms. The lowest BCUT2D eigenvalue weighted by Gasteiger charge is -2.10. The maximum atomic E-state index is 14.0. The van der Waals surface area contributed by atoms with Crippen LogP contribution in [0.3, 0.4) is 0 Å². The molecule has 1 amide bonds. The predicted octanol–water partition coefficient (Wildman–Crippen LogP) is 5.16. The number of benzene rings is 3. The van der Waals surface area contributed by atoms with Crippen molar-refractivity contribution in [2.24, 2.45) is 0 Å². The molecule has 0 fully saturated rings. The summed E-state index contributed by atoms with van der Waals surface area (Å²) in [6.07, 6.45) is 0. The van der Waals surface area contributed by atoms with E-state index in [-0.39, 0.29) is 22.5 Å². The number of rotatable bonds is 5. The van der Waals surface area contributed by atoms with Crippen molar-refractivity contribution in [2.75, 3.05) is 11.9 Å². The number of thiocarbonyl (C=S) groups is 1. The zero-order valence-corrected chi connectivity index (χ0v) is 17.3. The number of aromatic nitrogens is 1. The van der Waals surface area contributed by atoms with E-state index in [1.807, 2.05) is 6.92 Å². The van der Waals surface area contributed by atoms with E-state index in [9.17, 15) is 9.18 Å². The molecule has 2 N–H and O–H groups in total. The highest BCUT2D eigenvalue weighted by atomic mass is 32.1. The molecule has 0 spiro atoms. The third kappa shape index (κ3) is 4.70. The molecule has 8 heteroatoms. The number of halogens is 1. The highest BCUT2D eigenvalue weighted by molar-refractivity contribution is 7.80. The summed E-state index contributed by atoms with van der Waals surface area (Å²) in [5.74, 6) is 0.127. The summed E-state index contributed by atoms with van der Waals surface area (Å²) in [5, 5.41) is 5.71. The normalized spacial score (nSPS) is 10.6. The van der Waals surface area contributed by atoms with Gasteiger partial charge in [0.05, 0.1) is 12.2 Å². The van der Waals surface area contributed by atoms with Gasteiger partial charge in [-0.3, -0.25) is 10.1 Å². The number of fused-ring (bicyclic) bond motifs is 1. The van der Waals surface area contributed by atoms with Gasteiger partial charge in [-0.05, 0) is 73.7 Å². The van der Waals surface area contributed by atoms with Gasteiger partial charge in [0.15, 0.2) is 10.7 Å². The zero-order valence-electron chi connectivity index (χ0n) is 16.5. The Bertz CT molecular complexity index is 1250. The molecular weight excluding hydrogens is 417 g/mol. The SMILES string of the molecule is CCOc1ccc(C(=O)NC(=S)Nc2ccc3oc(-c4ccccc4F)nc3c2)cc1. The van der Waals surface area contributed by atoms with Crippen LogP contribution in [0.2, 0.25) is 0 Å². The van der Waals surface area contributed by atoms with Crippen molar-refractivity contribution in [3.05, 3.63) is 78.1 Å². The fourth-order valence-corrected chi connectivity index (χ4v) is 3.17. The highest BCUT2D eigenvalue weighted by Gasteiger charge is 2.13. The van der Waals surface area contributed by atoms with E-state index in [1.54, 1.807) is 60.7 Å². The van der Waals surface area contributed by atoms with Gasteiger partial charge < -0.3 is 14.5 Å². The number of ether oxygens (including phenoxy) is 1. The van der Waals surface area contributed by atoms with Crippen LogP contribution in [-0.2, 0) is 0 Å². The number of nitrogens with one attached hydrogen (secondary N) is 2. The van der Waals surface area contributed by atoms with Crippen molar-refractivity contribution < 1.29 is 18.3 Å². The molecule has 4 rings (SSSR count). The Balaban J connectivity index is 1.45. The van der Waals surface area contributed by atoms with E-state index in [0.717, 1.165) is 0 Å². The number of carbonyl (C=O) groups excluding carboxylic acids is 1. The molecule has 0 saturated carbocycles. The summed E-state index contributed by atoms with van der Waals surface area (Å²) in [5.41, 5.74) is 2.38. The fourth-order valence-electron chi connectivity index (χ4n) is 2.96. The predicted molar refractivity (Wildman–Crippen MR) is 121 cm³/mol. The molecular formula is C23H18FN3O3S. The van der Waals surface area contributed by atoms with Gasteiger partial charge in [-0.25, -0.2) is 9.37 Å². The van der Waals surface area contributed by atoms with Gasteiger partial charge >= 0.3 is 0 Å². The zero-order chi connectivity index (χ0) is 21.8. The molecule has 0 saturated heterocycles. The first-order valence-corrected chi connectivity index (χ1v) is 9.95. The average molecular weight is 435 g/mol. The molecule has 0 aliphatic rings. The van der Waals surface area contributed by atoms with Crippen LogP contribution in [0.1, 0.15) is 17.3 Å². The second-order valence-corrected chi connectivity index (χ2v) is 6.96. The van der Waals surface area contributed by atoms with Crippen LogP contribution >= 0.6 is 12.2 Å². The first kappa shape index (κ1) is 20.5. The minimum atomic E-state index is -0.411. The van der Waals surface area contributed by atoms with Crippen LogP contribution in [-0.4, -0.2) is 22.6 Å². The number of carbonyl (C=O) groups is 1. The average Bonchev–Trinajstić information content (AvgIpc) is 3.18. The summed E-state index contributed by atoms with van der Waals surface area (Å²) in [4.78, 5) is 16.7. The van der Waals surface area contributed by atoms with E-state index < -0.39 is 5.82 Å². The lowest BCUT2D eigenvalue weighted by Crippen LogP contribution is -2.34. The number of hydrogen-bond acceptors (Lipinski definition) is 5. The van der Waals surface area contributed by atoms with Crippen LogP contribution in [0.15, 0.2) is 71.1 Å². The maximum Gasteiger partial charge on any atom is 0.257 e. The first-order valence-electron chi connectivity index (χ1n) is 9.54. The van der Waals surface area contributed by atoms with Crippen molar-refractivity contribution in [3.8, 4) is 17.2 Å². The Labute approximate surface area is 183 Å². The smallest absolute Gasteiger partial charge is 0.257 e. The van der Waals surface area contributed by atoms with Crippen LogP contribution in [0.5, 0.6) is 5.75 Å². The molecule has 4 aromatic rings. The van der Waals surface area contributed by atoms with Crippen LogP contribution in [0, 0.1) is 5.82 Å². The lowest BCUT2D eigenvalue weighted by atomic mass is 10.2. The Kier molecular flexibility index (Phi) is 5.90. The quantitative estimate of drug-likeness (QED) is 0.422. The summed E-state index contributed by atoms with van der Waals surface area (Å²) >= 11 is 5.24. The van der Waals surface area contributed by atoms with Gasteiger partial charge in [0.2, 0.25) is 5.89 Å². The van der Waals surface area contributed by atoms with Crippen molar-refractivity contribution in [2.45, 2.75) is 6.92 Å². The molecule has 3 aromatic carbocycles. The molecule has 1 heterocycles. The van der Waals surface area contributed by atoms with Gasteiger partial charge in [0.25, 0.3) is 5.91 Å².